The first-order chi connectivity index (χ1) is 9.28. The summed E-state index contributed by atoms with van der Waals surface area (Å²) in [5, 5.41) is 3.23. The predicted octanol–water partition coefficient (Wildman–Crippen LogP) is 4.01. The summed E-state index contributed by atoms with van der Waals surface area (Å²) in [6.07, 6.45) is 10.1. The van der Waals surface area contributed by atoms with Crippen molar-refractivity contribution in [3.63, 3.8) is 0 Å². The Kier molecular flexibility index (Phi) is 13.3. The van der Waals surface area contributed by atoms with E-state index >= 15 is 0 Å². The molecule has 19 heavy (non-hydrogen) atoms. The lowest BCUT2D eigenvalue weighted by molar-refractivity contribution is -0.00879. The average molecular weight is 269 g/mol. The van der Waals surface area contributed by atoms with Gasteiger partial charge in [-0.2, -0.15) is 0 Å². The Morgan fingerprint density at radius 3 is 1.58 bits per heavy atom. The number of hydrogen-bond acceptors (Lipinski definition) is 3. The Balaban J connectivity index is 3.82. The van der Waals surface area contributed by atoms with Crippen LogP contribution in [0.15, 0.2) is 25.3 Å². The summed E-state index contributed by atoms with van der Waals surface area (Å²) in [5.74, 6) is 0. The molecule has 3 heteroatoms. The molecule has 2 unspecified atom stereocenters. The molecule has 3 nitrogen and oxygen atoms in total. The molecule has 0 aliphatic rings. The highest BCUT2D eigenvalue weighted by atomic mass is 16.5. The standard InChI is InChI=1S/C16H31NO2/c1-5-9-11-13-18-15(7-3)17-16(8-4)19-14-12-10-6-2/h7-8,15-17H,3-6,9-14H2,1-2H3. The molecule has 0 amide bonds. The lowest BCUT2D eigenvalue weighted by atomic mass is 10.3. The molecule has 0 aromatic rings. The zero-order valence-electron chi connectivity index (χ0n) is 12.7. The Labute approximate surface area is 119 Å². The molecule has 0 aromatic heterocycles. The fraction of sp³-hybridized carbons (Fsp3) is 0.750. The van der Waals surface area contributed by atoms with Crippen molar-refractivity contribution in [2.24, 2.45) is 0 Å². The molecule has 0 radical (unpaired) electrons. The van der Waals surface area contributed by atoms with Crippen molar-refractivity contribution in [3.8, 4) is 0 Å². The molecule has 0 saturated carbocycles. The average Bonchev–Trinajstić information content (AvgIpc) is 2.44. The fourth-order valence-electron chi connectivity index (χ4n) is 1.66. The second kappa shape index (κ2) is 13.8. The third-order valence-electron chi connectivity index (χ3n) is 2.85. The van der Waals surface area contributed by atoms with Gasteiger partial charge in [0, 0.05) is 13.2 Å². The molecular formula is C16H31NO2. The molecule has 0 aliphatic carbocycles. The molecule has 112 valence electrons. The SMILES string of the molecule is C=CC(NC(C=C)OCCCCC)OCCCCC. The minimum atomic E-state index is -0.175. The minimum Gasteiger partial charge on any atom is -0.360 e. The maximum atomic E-state index is 5.70. The van der Waals surface area contributed by atoms with E-state index in [2.05, 4.69) is 32.3 Å². The Morgan fingerprint density at radius 1 is 0.842 bits per heavy atom. The van der Waals surface area contributed by atoms with Gasteiger partial charge in [-0.05, 0) is 25.0 Å². The van der Waals surface area contributed by atoms with E-state index < -0.39 is 0 Å². The van der Waals surface area contributed by atoms with Crippen molar-refractivity contribution in [2.75, 3.05) is 13.2 Å². The third kappa shape index (κ3) is 10.9. The van der Waals surface area contributed by atoms with Crippen LogP contribution in [0.3, 0.4) is 0 Å². The van der Waals surface area contributed by atoms with E-state index in [1.165, 1.54) is 25.7 Å². The maximum absolute atomic E-state index is 5.70. The summed E-state index contributed by atoms with van der Waals surface area (Å²) in [5.41, 5.74) is 0. The van der Waals surface area contributed by atoms with E-state index in [1.54, 1.807) is 12.2 Å². The van der Waals surface area contributed by atoms with Gasteiger partial charge in [-0.25, -0.2) is 0 Å². The van der Waals surface area contributed by atoms with Gasteiger partial charge in [-0.15, -0.1) is 0 Å². The quantitative estimate of drug-likeness (QED) is 0.293. The lowest BCUT2D eigenvalue weighted by Crippen LogP contribution is -2.39. The van der Waals surface area contributed by atoms with E-state index in [4.69, 9.17) is 9.47 Å². The van der Waals surface area contributed by atoms with Crippen molar-refractivity contribution < 1.29 is 9.47 Å². The summed E-state index contributed by atoms with van der Waals surface area (Å²) in [6, 6.07) is 0. The second-order valence-electron chi connectivity index (χ2n) is 4.64. The topological polar surface area (TPSA) is 30.5 Å². The monoisotopic (exact) mass is 269 g/mol. The van der Waals surface area contributed by atoms with Gasteiger partial charge in [-0.1, -0.05) is 52.7 Å². The molecule has 0 rings (SSSR count). The summed E-state index contributed by atoms with van der Waals surface area (Å²) in [6.45, 7) is 13.4. The first-order valence-electron chi connectivity index (χ1n) is 7.52. The largest absolute Gasteiger partial charge is 0.360 e. The van der Waals surface area contributed by atoms with E-state index in [0.717, 1.165) is 26.1 Å². The molecular weight excluding hydrogens is 238 g/mol. The first-order valence-corrected chi connectivity index (χ1v) is 7.52. The zero-order chi connectivity index (χ0) is 14.3. The lowest BCUT2D eigenvalue weighted by Gasteiger charge is -2.22. The van der Waals surface area contributed by atoms with E-state index in [0.29, 0.717) is 0 Å². The van der Waals surface area contributed by atoms with Gasteiger partial charge in [0.05, 0.1) is 0 Å². The Morgan fingerprint density at radius 2 is 1.26 bits per heavy atom. The van der Waals surface area contributed by atoms with E-state index in [9.17, 15) is 0 Å². The number of unbranched alkanes of at least 4 members (excludes halogenated alkanes) is 4. The van der Waals surface area contributed by atoms with Gasteiger partial charge in [0.1, 0.15) is 12.5 Å². The molecule has 0 heterocycles. The Hall–Kier alpha value is -0.640. The highest BCUT2D eigenvalue weighted by Gasteiger charge is 2.10. The predicted molar refractivity (Wildman–Crippen MR) is 82.1 cm³/mol. The van der Waals surface area contributed by atoms with Crippen LogP contribution in [0.5, 0.6) is 0 Å². The van der Waals surface area contributed by atoms with Crippen LogP contribution in [0.2, 0.25) is 0 Å². The number of hydrogen-bond donors (Lipinski definition) is 1. The molecule has 0 aromatic carbocycles. The molecule has 0 aliphatic heterocycles. The minimum absolute atomic E-state index is 0.175. The van der Waals surface area contributed by atoms with Crippen molar-refractivity contribution in [1.82, 2.24) is 5.32 Å². The van der Waals surface area contributed by atoms with Gasteiger partial charge in [0.25, 0.3) is 0 Å². The molecule has 0 saturated heterocycles. The van der Waals surface area contributed by atoms with Crippen molar-refractivity contribution >= 4 is 0 Å². The van der Waals surface area contributed by atoms with Crippen molar-refractivity contribution in [3.05, 3.63) is 25.3 Å². The van der Waals surface area contributed by atoms with Crippen molar-refractivity contribution in [2.45, 2.75) is 64.8 Å². The van der Waals surface area contributed by atoms with E-state index in [1.807, 2.05) is 0 Å². The van der Waals surface area contributed by atoms with Crippen LogP contribution in [-0.2, 0) is 9.47 Å². The van der Waals surface area contributed by atoms with Crippen molar-refractivity contribution in [1.29, 1.82) is 0 Å². The molecule has 0 bridgehead atoms. The summed E-state index contributed by atoms with van der Waals surface area (Å²) >= 11 is 0. The van der Waals surface area contributed by atoms with Gasteiger partial charge in [-0.3, -0.25) is 5.32 Å². The van der Waals surface area contributed by atoms with Crippen LogP contribution in [-0.4, -0.2) is 25.7 Å². The summed E-state index contributed by atoms with van der Waals surface area (Å²) in [4.78, 5) is 0. The molecule has 0 fully saturated rings. The molecule has 2 atom stereocenters. The Bertz CT molecular complexity index is 197. The van der Waals surface area contributed by atoms with Crippen LogP contribution < -0.4 is 5.32 Å². The summed E-state index contributed by atoms with van der Waals surface area (Å²) in [7, 11) is 0. The molecule has 0 spiro atoms. The number of nitrogens with one attached hydrogen (secondary N) is 1. The fourth-order valence-corrected chi connectivity index (χ4v) is 1.66. The van der Waals surface area contributed by atoms with Gasteiger partial charge in [0.15, 0.2) is 0 Å². The second-order valence-corrected chi connectivity index (χ2v) is 4.64. The number of ether oxygens (including phenoxy) is 2. The maximum Gasteiger partial charge on any atom is 0.129 e. The smallest absolute Gasteiger partial charge is 0.129 e. The third-order valence-corrected chi connectivity index (χ3v) is 2.85. The normalized spacial score (nSPS) is 14.0. The van der Waals surface area contributed by atoms with Crippen LogP contribution in [0.4, 0.5) is 0 Å². The van der Waals surface area contributed by atoms with Crippen LogP contribution >= 0.6 is 0 Å². The zero-order valence-corrected chi connectivity index (χ0v) is 12.7. The van der Waals surface area contributed by atoms with Crippen LogP contribution in [0.25, 0.3) is 0 Å². The number of rotatable bonds is 14. The highest BCUT2D eigenvalue weighted by Crippen LogP contribution is 2.02. The first kappa shape index (κ1) is 18.4. The van der Waals surface area contributed by atoms with Crippen LogP contribution in [0, 0.1) is 0 Å². The van der Waals surface area contributed by atoms with Gasteiger partial charge >= 0.3 is 0 Å². The van der Waals surface area contributed by atoms with E-state index in [-0.39, 0.29) is 12.5 Å². The van der Waals surface area contributed by atoms with Gasteiger partial charge < -0.3 is 9.47 Å². The van der Waals surface area contributed by atoms with Crippen LogP contribution in [0.1, 0.15) is 52.4 Å². The summed E-state index contributed by atoms with van der Waals surface area (Å²) < 4.78 is 11.4. The van der Waals surface area contributed by atoms with Gasteiger partial charge in [0.2, 0.25) is 0 Å². The highest BCUT2D eigenvalue weighted by molar-refractivity contribution is 4.85. The molecule has 1 N–H and O–H groups in total.